The summed E-state index contributed by atoms with van der Waals surface area (Å²) in [6.07, 6.45) is 4.74. The molecular weight excluding hydrogens is 277 g/mol. The summed E-state index contributed by atoms with van der Waals surface area (Å²) >= 11 is 6.16. The van der Waals surface area contributed by atoms with Gasteiger partial charge in [-0.05, 0) is 41.8 Å². The normalized spacial score (nSPS) is 11.4. The number of pyridine rings is 1. The summed E-state index contributed by atoms with van der Waals surface area (Å²) in [6.45, 7) is 3.92. The highest BCUT2D eigenvalue weighted by molar-refractivity contribution is 6.31. The van der Waals surface area contributed by atoms with Crippen LogP contribution < -0.4 is 0 Å². The molecule has 0 saturated heterocycles. The Balaban J connectivity index is 2.34. The topological polar surface area (TPSA) is 33.1 Å². The van der Waals surface area contributed by atoms with Crippen LogP contribution in [0.5, 0.6) is 5.75 Å². The van der Waals surface area contributed by atoms with Crippen LogP contribution in [0, 0.1) is 5.82 Å². The van der Waals surface area contributed by atoms with Gasteiger partial charge in [0.15, 0.2) is 0 Å². The molecule has 0 fully saturated rings. The van der Waals surface area contributed by atoms with Crippen LogP contribution in [0.2, 0.25) is 5.02 Å². The zero-order valence-electron chi connectivity index (χ0n) is 11.3. The van der Waals surface area contributed by atoms with Crippen molar-refractivity contribution in [3.8, 4) is 5.75 Å². The van der Waals surface area contributed by atoms with Gasteiger partial charge >= 0.3 is 0 Å². The van der Waals surface area contributed by atoms with Crippen LogP contribution in [0.1, 0.15) is 36.6 Å². The lowest BCUT2D eigenvalue weighted by molar-refractivity contribution is 0.465. The van der Waals surface area contributed by atoms with Crippen molar-refractivity contribution >= 4 is 23.8 Å². The molecule has 1 aromatic carbocycles. The van der Waals surface area contributed by atoms with Crippen LogP contribution in [-0.4, -0.2) is 10.1 Å². The summed E-state index contributed by atoms with van der Waals surface area (Å²) < 4.78 is 13.4. The number of phenolic OH excluding ortho intramolecular Hbond substituents is 1. The van der Waals surface area contributed by atoms with E-state index in [0.717, 1.165) is 0 Å². The molecule has 0 aliphatic heterocycles. The van der Waals surface area contributed by atoms with Gasteiger partial charge in [0.25, 0.3) is 0 Å². The molecule has 0 bridgehead atoms. The van der Waals surface area contributed by atoms with Crippen molar-refractivity contribution in [1.29, 1.82) is 0 Å². The number of hydrogen-bond donors (Lipinski definition) is 1. The van der Waals surface area contributed by atoms with Crippen LogP contribution in [0.3, 0.4) is 0 Å². The number of aromatic nitrogens is 1. The Morgan fingerprint density at radius 3 is 2.65 bits per heavy atom. The van der Waals surface area contributed by atoms with E-state index in [2.05, 4.69) is 4.98 Å². The zero-order chi connectivity index (χ0) is 14.7. The molecule has 2 aromatic rings. The van der Waals surface area contributed by atoms with E-state index < -0.39 is 5.82 Å². The van der Waals surface area contributed by atoms with Crippen molar-refractivity contribution in [2.75, 3.05) is 0 Å². The summed E-state index contributed by atoms with van der Waals surface area (Å²) in [5.74, 6) is -0.111. The third-order valence-corrected chi connectivity index (χ3v) is 3.24. The number of benzene rings is 1. The lowest BCUT2D eigenvalue weighted by Crippen LogP contribution is -1.91. The number of nitrogens with zero attached hydrogens (tertiary/aromatic N) is 1. The van der Waals surface area contributed by atoms with Crippen LogP contribution in [-0.2, 0) is 0 Å². The minimum Gasteiger partial charge on any atom is -0.508 e. The second kappa shape index (κ2) is 6.06. The standard InChI is InChI=1S/C16H15ClFNO/c1-10(2)16-12(17)8-11(9-15(16)20)5-6-14-13(18)4-3-7-19-14/h3-10,20H,1-2H3/b6-5+. The highest BCUT2D eigenvalue weighted by Crippen LogP contribution is 2.34. The van der Waals surface area contributed by atoms with E-state index in [-0.39, 0.29) is 17.4 Å². The SMILES string of the molecule is CC(C)c1c(O)cc(/C=C/c2ncccc2F)cc1Cl. The van der Waals surface area contributed by atoms with Gasteiger partial charge in [-0.15, -0.1) is 0 Å². The zero-order valence-corrected chi connectivity index (χ0v) is 12.0. The van der Waals surface area contributed by atoms with Gasteiger partial charge in [-0.25, -0.2) is 4.39 Å². The number of halogens is 2. The molecule has 2 rings (SSSR count). The fourth-order valence-electron chi connectivity index (χ4n) is 1.99. The monoisotopic (exact) mass is 291 g/mol. The predicted molar refractivity (Wildman–Crippen MR) is 80.3 cm³/mol. The Labute approximate surface area is 122 Å². The van der Waals surface area contributed by atoms with Gasteiger partial charge < -0.3 is 5.11 Å². The van der Waals surface area contributed by atoms with Crippen molar-refractivity contribution in [2.45, 2.75) is 19.8 Å². The number of rotatable bonds is 3. The summed E-state index contributed by atoms with van der Waals surface area (Å²) in [6, 6.07) is 6.23. The Morgan fingerprint density at radius 2 is 2.05 bits per heavy atom. The molecule has 4 heteroatoms. The summed E-state index contributed by atoms with van der Waals surface area (Å²) in [4.78, 5) is 3.93. The molecule has 0 aliphatic rings. The molecular formula is C16H15ClFNO. The minimum absolute atomic E-state index is 0.133. The molecule has 20 heavy (non-hydrogen) atoms. The first-order valence-corrected chi connectivity index (χ1v) is 6.68. The average molecular weight is 292 g/mol. The second-order valence-electron chi connectivity index (χ2n) is 4.79. The van der Waals surface area contributed by atoms with Crippen LogP contribution in [0.15, 0.2) is 30.5 Å². The van der Waals surface area contributed by atoms with Crippen LogP contribution in [0.4, 0.5) is 4.39 Å². The highest BCUT2D eigenvalue weighted by Gasteiger charge is 2.11. The van der Waals surface area contributed by atoms with Gasteiger partial charge in [0.1, 0.15) is 11.6 Å². The predicted octanol–water partition coefficient (Wildman–Crippen LogP) is 4.87. The Morgan fingerprint density at radius 1 is 1.30 bits per heavy atom. The number of hydrogen-bond acceptors (Lipinski definition) is 2. The largest absolute Gasteiger partial charge is 0.508 e. The van der Waals surface area contributed by atoms with Gasteiger partial charge in [-0.3, -0.25) is 4.98 Å². The van der Waals surface area contributed by atoms with E-state index in [0.29, 0.717) is 16.1 Å². The molecule has 0 saturated carbocycles. The van der Waals surface area contributed by atoms with Crippen molar-refractivity contribution in [3.63, 3.8) is 0 Å². The van der Waals surface area contributed by atoms with Crippen molar-refractivity contribution in [3.05, 3.63) is 58.1 Å². The molecule has 0 aliphatic carbocycles. The first-order valence-electron chi connectivity index (χ1n) is 6.30. The average Bonchev–Trinajstić information content (AvgIpc) is 2.36. The molecule has 0 spiro atoms. The van der Waals surface area contributed by atoms with E-state index in [1.165, 1.54) is 18.3 Å². The molecule has 2 nitrogen and oxygen atoms in total. The van der Waals surface area contributed by atoms with E-state index >= 15 is 0 Å². The Kier molecular flexibility index (Phi) is 4.40. The lowest BCUT2D eigenvalue weighted by Gasteiger charge is -2.11. The quantitative estimate of drug-likeness (QED) is 0.875. The third-order valence-electron chi connectivity index (χ3n) is 2.93. The molecule has 1 N–H and O–H groups in total. The van der Waals surface area contributed by atoms with Gasteiger partial charge in [0.2, 0.25) is 0 Å². The van der Waals surface area contributed by atoms with Gasteiger partial charge in [-0.2, -0.15) is 0 Å². The summed E-state index contributed by atoms with van der Waals surface area (Å²) in [5.41, 5.74) is 1.66. The van der Waals surface area contributed by atoms with E-state index in [1.807, 2.05) is 13.8 Å². The van der Waals surface area contributed by atoms with Crippen molar-refractivity contribution in [1.82, 2.24) is 4.98 Å². The van der Waals surface area contributed by atoms with Gasteiger partial charge in [0.05, 0.1) is 5.69 Å². The molecule has 1 aromatic heterocycles. The fourth-order valence-corrected chi connectivity index (χ4v) is 2.43. The first kappa shape index (κ1) is 14.5. The van der Waals surface area contributed by atoms with Crippen molar-refractivity contribution in [2.24, 2.45) is 0 Å². The van der Waals surface area contributed by atoms with E-state index in [9.17, 15) is 9.50 Å². The third kappa shape index (κ3) is 3.17. The molecule has 0 atom stereocenters. The highest BCUT2D eigenvalue weighted by atomic mass is 35.5. The molecule has 0 unspecified atom stereocenters. The second-order valence-corrected chi connectivity index (χ2v) is 5.20. The fraction of sp³-hybridized carbons (Fsp3) is 0.188. The molecule has 0 radical (unpaired) electrons. The molecule has 0 amide bonds. The minimum atomic E-state index is -0.391. The summed E-state index contributed by atoms with van der Waals surface area (Å²) in [7, 11) is 0. The molecule has 104 valence electrons. The first-order chi connectivity index (χ1) is 9.49. The smallest absolute Gasteiger partial charge is 0.148 e. The van der Waals surface area contributed by atoms with Crippen LogP contribution >= 0.6 is 11.6 Å². The Hall–Kier alpha value is -1.87. The van der Waals surface area contributed by atoms with Crippen molar-refractivity contribution < 1.29 is 9.50 Å². The van der Waals surface area contributed by atoms with E-state index in [4.69, 9.17) is 11.6 Å². The van der Waals surface area contributed by atoms with Gasteiger partial charge in [-0.1, -0.05) is 31.5 Å². The maximum atomic E-state index is 13.4. The maximum Gasteiger partial charge on any atom is 0.148 e. The van der Waals surface area contributed by atoms with Crippen LogP contribution in [0.25, 0.3) is 12.2 Å². The maximum absolute atomic E-state index is 13.4. The lowest BCUT2D eigenvalue weighted by atomic mass is 10.00. The van der Waals surface area contributed by atoms with Gasteiger partial charge in [0, 0.05) is 16.8 Å². The molecule has 1 heterocycles. The number of phenols is 1. The summed E-state index contributed by atoms with van der Waals surface area (Å²) in [5, 5.41) is 10.5. The van der Waals surface area contributed by atoms with E-state index in [1.54, 1.807) is 24.3 Å². The Bertz CT molecular complexity index is 630. The number of aromatic hydroxyl groups is 1.